The van der Waals surface area contributed by atoms with Gasteiger partial charge in [0.05, 0.1) is 6.21 Å². The van der Waals surface area contributed by atoms with Crippen LogP contribution < -0.4 is 11.1 Å². The third kappa shape index (κ3) is 3.00. The topological polar surface area (TPSA) is 83.0 Å². The van der Waals surface area contributed by atoms with E-state index in [2.05, 4.69) is 25.7 Å². The van der Waals surface area contributed by atoms with Gasteiger partial charge in [0, 0.05) is 0 Å². The van der Waals surface area contributed by atoms with E-state index in [1.165, 1.54) is 5.56 Å². The molecule has 0 amide bonds. The zero-order valence-corrected chi connectivity index (χ0v) is 10.1. The summed E-state index contributed by atoms with van der Waals surface area (Å²) in [7, 11) is 0. The molecule has 0 fully saturated rings. The standard InChI is InChI=1S/C12H13N5O/c1-8-3-5-10(6-4-8)7-13-16-11-9(2)15-17-12(18)14-11/h3-7H,1-2H3,(H2,14,16,17,18)/b13-7+. The minimum absolute atomic E-state index is 0.349. The number of nitrogens with one attached hydrogen (secondary N) is 2. The Morgan fingerprint density at radius 1 is 1.28 bits per heavy atom. The van der Waals surface area contributed by atoms with Gasteiger partial charge in [0.2, 0.25) is 0 Å². The average molecular weight is 243 g/mol. The zero-order valence-electron chi connectivity index (χ0n) is 10.1. The van der Waals surface area contributed by atoms with Crippen LogP contribution in [0.5, 0.6) is 0 Å². The zero-order chi connectivity index (χ0) is 13.0. The summed E-state index contributed by atoms with van der Waals surface area (Å²) in [5, 5.41) is 10.0. The lowest BCUT2D eigenvalue weighted by Gasteiger charge is -2.00. The van der Waals surface area contributed by atoms with Crippen molar-refractivity contribution in [1.29, 1.82) is 0 Å². The van der Waals surface area contributed by atoms with E-state index in [9.17, 15) is 4.79 Å². The molecule has 0 radical (unpaired) electrons. The molecule has 0 aliphatic rings. The third-order valence-electron chi connectivity index (χ3n) is 2.34. The molecular formula is C12H13N5O. The van der Waals surface area contributed by atoms with Crippen molar-refractivity contribution in [3.8, 4) is 0 Å². The van der Waals surface area contributed by atoms with E-state index < -0.39 is 5.69 Å². The van der Waals surface area contributed by atoms with Crippen molar-refractivity contribution in [3.05, 3.63) is 51.6 Å². The molecule has 0 spiro atoms. The van der Waals surface area contributed by atoms with Crippen molar-refractivity contribution in [3.63, 3.8) is 0 Å². The minimum atomic E-state index is -0.506. The Labute approximate surface area is 104 Å². The molecule has 0 aliphatic heterocycles. The van der Waals surface area contributed by atoms with E-state index in [1.807, 2.05) is 31.2 Å². The van der Waals surface area contributed by atoms with Crippen molar-refractivity contribution >= 4 is 12.0 Å². The fraction of sp³-hybridized carbons (Fsp3) is 0.167. The lowest BCUT2D eigenvalue weighted by molar-refractivity contribution is 0.879. The van der Waals surface area contributed by atoms with Crippen LogP contribution in [-0.4, -0.2) is 21.4 Å². The number of nitrogens with zero attached hydrogens (tertiary/aromatic N) is 3. The number of hydrogen-bond donors (Lipinski definition) is 2. The van der Waals surface area contributed by atoms with Gasteiger partial charge in [-0.3, -0.25) is 5.43 Å². The first kappa shape index (κ1) is 12.0. The Morgan fingerprint density at radius 3 is 2.72 bits per heavy atom. The second kappa shape index (κ2) is 5.22. The molecule has 2 N–H and O–H groups in total. The van der Waals surface area contributed by atoms with Crippen LogP contribution in [0.1, 0.15) is 16.8 Å². The number of H-pyrrole nitrogens is 1. The van der Waals surface area contributed by atoms with E-state index in [0.29, 0.717) is 11.5 Å². The summed E-state index contributed by atoms with van der Waals surface area (Å²) >= 11 is 0. The van der Waals surface area contributed by atoms with Crippen LogP contribution in [0.15, 0.2) is 34.2 Å². The second-order valence-corrected chi connectivity index (χ2v) is 3.86. The van der Waals surface area contributed by atoms with Gasteiger partial charge in [-0.2, -0.15) is 15.2 Å². The molecule has 0 unspecified atom stereocenters. The molecule has 2 rings (SSSR count). The van der Waals surface area contributed by atoms with Crippen molar-refractivity contribution in [2.45, 2.75) is 13.8 Å². The largest absolute Gasteiger partial charge is 0.363 e. The number of hydrazone groups is 1. The second-order valence-electron chi connectivity index (χ2n) is 3.86. The summed E-state index contributed by atoms with van der Waals surface area (Å²) in [5.41, 5.74) is 4.92. The van der Waals surface area contributed by atoms with Gasteiger partial charge in [0.1, 0.15) is 5.69 Å². The van der Waals surface area contributed by atoms with Gasteiger partial charge in [0.15, 0.2) is 5.82 Å². The number of rotatable bonds is 3. The van der Waals surface area contributed by atoms with Crippen LogP contribution in [0.2, 0.25) is 0 Å². The van der Waals surface area contributed by atoms with Crippen LogP contribution in [0.4, 0.5) is 5.82 Å². The molecule has 1 heterocycles. The minimum Gasteiger partial charge on any atom is -0.260 e. The van der Waals surface area contributed by atoms with Gasteiger partial charge in [-0.15, -0.1) is 0 Å². The predicted molar refractivity (Wildman–Crippen MR) is 69.8 cm³/mol. The first-order valence-electron chi connectivity index (χ1n) is 5.44. The summed E-state index contributed by atoms with van der Waals surface area (Å²) in [4.78, 5) is 14.7. The van der Waals surface area contributed by atoms with Crippen molar-refractivity contribution in [2.24, 2.45) is 5.10 Å². The average Bonchev–Trinajstić information content (AvgIpc) is 2.36. The van der Waals surface area contributed by atoms with Gasteiger partial charge in [-0.25, -0.2) is 9.89 Å². The SMILES string of the molecule is Cc1ccc(/C=N/Nc2nc(=O)[nH]nc2C)cc1. The highest BCUT2D eigenvalue weighted by Gasteiger charge is 1.99. The molecule has 0 bridgehead atoms. The predicted octanol–water partition coefficient (Wildman–Crippen LogP) is 1.23. The van der Waals surface area contributed by atoms with Gasteiger partial charge < -0.3 is 0 Å². The molecule has 0 atom stereocenters. The molecule has 0 saturated heterocycles. The maximum Gasteiger partial charge on any atom is 0.363 e. The Balaban J connectivity index is 2.09. The Kier molecular flexibility index (Phi) is 3.47. The maximum absolute atomic E-state index is 11.0. The molecule has 2 aromatic rings. The summed E-state index contributed by atoms with van der Waals surface area (Å²) < 4.78 is 0. The first-order valence-corrected chi connectivity index (χ1v) is 5.44. The van der Waals surface area contributed by atoms with E-state index in [4.69, 9.17) is 0 Å². The molecule has 0 saturated carbocycles. The van der Waals surface area contributed by atoms with Crippen molar-refractivity contribution in [2.75, 3.05) is 5.43 Å². The van der Waals surface area contributed by atoms with Crippen molar-refractivity contribution in [1.82, 2.24) is 15.2 Å². The molecular weight excluding hydrogens is 230 g/mol. The molecule has 6 nitrogen and oxygen atoms in total. The van der Waals surface area contributed by atoms with E-state index >= 15 is 0 Å². The highest BCUT2D eigenvalue weighted by Crippen LogP contribution is 2.03. The fourth-order valence-corrected chi connectivity index (χ4v) is 1.32. The van der Waals surface area contributed by atoms with E-state index in [-0.39, 0.29) is 0 Å². The Bertz CT molecular complexity index is 615. The van der Waals surface area contributed by atoms with E-state index in [1.54, 1.807) is 13.1 Å². The summed E-state index contributed by atoms with van der Waals surface area (Å²) in [5.74, 6) is 0.349. The smallest absolute Gasteiger partial charge is 0.260 e. The summed E-state index contributed by atoms with van der Waals surface area (Å²) in [6.45, 7) is 3.75. The lowest BCUT2D eigenvalue weighted by Crippen LogP contribution is -2.15. The van der Waals surface area contributed by atoms with Crippen LogP contribution in [0.3, 0.4) is 0 Å². The molecule has 92 valence electrons. The quantitative estimate of drug-likeness (QED) is 0.627. The monoisotopic (exact) mass is 243 g/mol. The molecule has 18 heavy (non-hydrogen) atoms. The number of aromatic nitrogens is 3. The van der Waals surface area contributed by atoms with Gasteiger partial charge in [-0.05, 0) is 19.4 Å². The normalized spacial score (nSPS) is 10.8. The highest BCUT2D eigenvalue weighted by atomic mass is 16.1. The van der Waals surface area contributed by atoms with Crippen molar-refractivity contribution < 1.29 is 0 Å². The van der Waals surface area contributed by atoms with Gasteiger partial charge in [0.25, 0.3) is 0 Å². The lowest BCUT2D eigenvalue weighted by atomic mass is 10.2. The van der Waals surface area contributed by atoms with Crippen LogP contribution in [0, 0.1) is 13.8 Å². The van der Waals surface area contributed by atoms with E-state index in [0.717, 1.165) is 5.56 Å². The third-order valence-corrected chi connectivity index (χ3v) is 2.34. The Morgan fingerprint density at radius 2 is 2.00 bits per heavy atom. The summed E-state index contributed by atoms with van der Waals surface area (Å²) in [6.07, 6.45) is 1.65. The molecule has 1 aromatic carbocycles. The van der Waals surface area contributed by atoms with Crippen LogP contribution in [0.25, 0.3) is 0 Å². The number of aryl methyl sites for hydroxylation is 2. The maximum atomic E-state index is 11.0. The first-order chi connectivity index (χ1) is 8.65. The van der Waals surface area contributed by atoms with Gasteiger partial charge in [-0.1, -0.05) is 29.8 Å². The molecule has 6 heteroatoms. The molecule has 1 aromatic heterocycles. The van der Waals surface area contributed by atoms with Crippen LogP contribution in [-0.2, 0) is 0 Å². The number of anilines is 1. The number of aromatic amines is 1. The summed E-state index contributed by atoms with van der Waals surface area (Å²) in [6, 6.07) is 7.91. The van der Waals surface area contributed by atoms with Crippen LogP contribution >= 0.6 is 0 Å². The Hall–Kier alpha value is -2.50. The molecule has 0 aliphatic carbocycles. The number of benzene rings is 1. The highest BCUT2D eigenvalue weighted by molar-refractivity contribution is 5.80. The number of hydrogen-bond acceptors (Lipinski definition) is 5. The van der Waals surface area contributed by atoms with Gasteiger partial charge >= 0.3 is 5.69 Å². The fourth-order valence-electron chi connectivity index (χ4n) is 1.32.